The molecule has 0 saturated heterocycles. The molecule has 0 saturated carbocycles. The molecule has 1 aliphatic rings. The van der Waals surface area contributed by atoms with Crippen LogP contribution in [0.2, 0.25) is 0 Å². The number of allylic oxidation sites excluding steroid dienone is 1. The van der Waals surface area contributed by atoms with Crippen molar-refractivity contribution in [2.24, 2.45) is 0 Å². The summed E-state index contributed by atoms with van der Waals surface area (Å²) in [6.45, 7) is 2.25. The molecule has 4 heteroatoms. The van der Waals surface area contributed by atoms with E-state index in [1.54, 1.807) is 6.20 Å². The van der Waals surface area contributed by atoms with Gasteiger partial charge in [-0.2, -0.15) is 0 Å². The first-order chi connectivity index (χ1) is 12.1. The van der Waals surface area contributed by atoms with Gasteiger partial charge in [-0.15, -0.1) is 0 Å². The molecule has 1 amide bonds. The molecule has 0 bridgehead atoms. The number of benzene rings is 2. The van der Waals surface area contributed by atoms with Crippen molar-refractivity contribution in [3.05, 3.63) is 83.6 Å². The van der Waals surface area contributed by atoms with Crippen molar-refractivity contribution in [1.82, 2.24) is 4.90 Å². The van der Waals surface area contributed by atoms with Crippen LogP contribution in [-0.4, -0.2) is 22.8 Å². The zero-order valence-electron chi connectivity index (χ0n) is 14.2. The number of amides is 1. The smallest absolute Gasteiger partial charge is 0.414 e. The standard InChI is InChI=1S/C21H21NO3/c1-16-7-5-6-10-18(16)13-19-14-20(23)11-12-22(19)21(24)25-15-17-8-3-2-4-9-17/h2-12,19H,13-15H2,1H3. The van der Waals surface area contributed by atoms with E-state index in [0.29, 0.717) is 12.8 Å². The number of rotatable bonds is 4. The predicted molar refractivity (Wildman–Crippen MR) is 95.9 cm³/mol. The minimum absolute atomic E-state index is 0.0330. The van der Waals surface area contributed by atoms with E-state index in [4.69, 9.17) is 4.74 Å². The Bertz CT molecular complexity index is 783. The van der Waals surface area contributed by atoms with E-state index in [1.807, 2.05) is 61.5 Å². The van der Waals surface area contributed by atoms with Crippen molar-refractivity contribution in [1.29, 1.82) is 0 Å². The molecule has 4 nitrogen and oxygen atoms in total. The van der Waals surface area contributed by atoms with Gasteiger partial charge in [-0.25, -0.2) is 4.79 Å². The number of hydrogen-bond acceptors (Lipinski definition) is 3. The summed E-state index contributed by atoms with van der Waals surface area (Å²) in [7, 11) is 0. The van der Waals surface area contributed by atoms with Crippen LogP contribution in [0.25, 0.3) is 0 Å². The van der Waals surface area contributed by atoms with Crippen molar-refractivity contribution >= 4 is 11.9 Å². The van der Waals surface area contributed by atoms with Gasteiger partial charge in [0.25, 0.3) is 0 Å². The molecule has 0 N–H and O–H groups in total. The SMILES string of the molecule is Cc1ccccc1CC1CC(=O)C=CN1C(=O)OCc1ccccc1. The van der Waals surface area contributed by atoms with E-state index in [-0.39, 0.29) is 18.4 Å². The van der Waals surface area contributed by atoms with Gasteiger partial charge in [0.15, 0.2) is 5.78 Å². The predicted octanol–water partition coefficient (Wildman–Crippen LogP) is 4.03. The zero-order valence-corrected chi connectivity index (χ0v) is 14.2. The lowest BCUT2D eigenvalue weighted by molar-refractivity contribution is -0.116. The van der Waals surface area contributed by atoms with Gasteiger partial charge in [0.2, 0.25) is 0 Å². The Kier molecular flexibility index (Phi) is 5.29. The van der Waals surface area contributed by atoms with E-state index in [1.165, 1.54) is 11.0 Å². The van der Waals surface area contributed by atoms with Gasteiger partial charge in [0.05, 0.1) is 6.04 Å². The second-order valence-corrected chi connectivity index (χ2v) is 6.22. The highest BCUT2D eigenvalue weighted by molar-refractivity contribution is 5.92. The number of aryl methyl sites for hydroxylation is 1. The molecule has 128 valence electrons. The molecule has 0 aromatic heterocycles. The van der Waals surface area contributed by atoms with Gasteiger partial charge in [0, 0.05) is 12.6 Å². The summed E-state index contributed by atoms with van der Waals surface area (Å²) in [5.74, 6) is 0.0330. The van der Waals surface area contributed by atoms with Crippen molar-refractivity contribution in [3.8, 4) is 0 Å². The van der Waals surface area contributed by atoms with E-state index in [0.717, 1.165) is 16.7 Å². The average Bonchev–Trinajstić information content (AvgIpc) is 2.63. The fraction of sp³-hybridized carbons (Fsp3) is 0.238. The van der Waals surface area contributed by atoms with Gasteiger partial charge in [-0.1, -0.05) is 54.6 Å². The second kappa shape index (κ2) is 7.79. The highest BCUT2D eigenvalue weighted by atomic mass is 16.6. The third kappa shape index (κ3) is 4.35. The van der Waals surface area contributed by atoms with Crippen molar-refractivity contribution in [2.75, 3.05) is 0 Å². The minimum Gasteiger partial charge on any atom is -0.444 e. The van der Waals surface area contributed by atoms with Gasteiger partial charge in [0.1, 0.15) is 6.61 Å². The van der Waals surface area contributed by atoms with Crippen LogP contribution in [-0.2, 0) is 22.6 Å². The Morgan fingerprint density at radius 3 is 2.60 bits per heavy atom. The van der Waals surface area contributed by atoms with Crippen LogP contribution in [0.1, 0.15) is 23.1 Å². The first-order valence-electron chi connectivity index (χ1n) is 8.38. The first kappa shape index (κ1) is 17.0. The third-order valence-corrected chi connectivity index (χ3v) is 4.38. The summed E-state index contributed by atoms with van der Waals surface area (Å²) in [6, 6.07) is 17.4. The van der Waals surface area contributed by atoms with Crippen molar-refractivity contribution in [3.63, 3.8) is 0 Å². The molecule has 0 fully saturated rings. The number of nitrogens with zero attached hydrogens (tertiary/aromatic N) is 1. The van der Waals surface area contributed by atoms with E-state index in [9.17, 15) is 9.59 Å². The second-order valence-electron chi connectivity index (χ2n) is 6.22. The van der Waals surface area contributed by atoms with Crippen LogP contribution in [0.4, 0.5) is 4.79 Å². The lowest BCUT2D eigenvalue weighted by Gasteiger charge is -2.30. The summed E-state index contributed by atoms with van der Waals surface area (Å²) >= 11 is 0. The third-order valence-electron chi connectivity index (χ3n) is 4.38. The maximum atomic E-state index is 12.5. The topological polar surface area (TPSA) is 46.6 Å². The van der Waals surface area contributed by atoms with E-state index < -0.39 is 6.09 Å². The van der Waals surface area contributed by atoms with E-state index in [2.05, 4.69) is 0 Å². The Labute approximate surface area is 147 Å². The summed E-state index contributed by atoms with van der Waals surface area (Å²) in [6.07, 6.45) is 3.50. The number of carbonyl (C=O) groups excluding carboxylic acids is 2. The molecule has 1 aliphatic heterocycles. The number of ether oxygens (including phenoxy) is 1. The van der Waals surface area contributed by atoms with Crippen molar-refractivity contribution < 1.29 is 14.3 Å². The number of ketones is 1. The normalized spacial score (nSPS) is 16.8. The summed E-state index contributed by atoms with van der Waals surface area (Å²) < 4.78 is 5.43. The molecule has 3 rings (SSSR count). The Morgan fingerprint density at radius 2 is 1.84 bits per heavy atom. The molecular formula is C21H21NO3. The first-order valence-corrected chi connectivity index (χ1v) is 8.38. The minimum atomic E-state index is -0.425. The zero-order chi connectivity index (χ0) is 17.6. The molecule has 0 radical (unpaired) electrons. The van der Waals surface area contributed by atoms with E-state index >= 15 is 0 Å². The number of carbonyl (C=O) groups is 2. The average molecular weight is 335 g/mol. The molecule has 2 aromatic carbocycles. The lowest BCUT2D eigenvalue weighted by atomic mass is 9.95. The van der Waals surface area contributed by atoms with Crippen LogP contribution in [0.3, 0.4) is 0 Å². The quantitative estimate of drug-likeness (QED) is 0.847. The van der Waals surface area contributed by atoms with Gasteiger partial charge >= 0.3 is 6.09 Å². The summed E-state index contributed by atoms with van der Waals surface area (Å²) in [5.41, 5.74) is 3.22. The Balaban J connectivity index is 1.70. The molecule has 1 heterocycles. The molecule has 1 unspecified atom stereocenters. The van der Waals surface area contributed by atoms with Crippen LogP contribution < -0.4 is 0 Å². The van der Waals surface area contributed by atoms with Gasteiger partial charge in [-0.3, -0.25) is 9.69 Å². The van der Waals surface area contributed by atoms with Crippen LogP contribution in [0.5, 0.6) is 0 Å². The molecule has 0 aliphatic carbocycles. The molecule has 0 spiro atoms. The van der Waals surface area contributed by atoms with Crippen LogP contribution >= 0.6 is 0 Å². The lowest BCUT2D eigenvalue weighted by Crippen LogP contribution is -2.41. The van der Waals surface area contributed by atoms with Gasteiger partial charge in [-0.05, 0) is 36.1 Å². The summed E-state index contributed by atoms with van der Waals surface area (Å²) in [5, 5.41) is 0. The Morgan fingerprint density at radius 1 is 1.12 bits per heavy atom. The fourth-order valence-corrected chi connectivity index (χ4v) is 2.95. The molecule has 2 aromatic rings. The monoisotopic (exact) mass is 335 g/mol. The summed E-state index contributed by atoms with van der Waals surface area (Å²) in [4.78, 5) is 25.9. The molecule has 1 atom stereocenters. The maximum Gasteiger partial charge on any atom is 0.414 e. The Hall–Kier alpha value is -2.88. The highest BCUT2D eigenvalue weighted by Crippen LogP contribution is 2.21. The van der Waals surface area contributed by atoms with Crippen LogP contribution in [0, 0.1) is 6.92 Å². The molecule has 25 heavy (non-hydrogen) atoms. The molecular weight excluding hydrogens is 314 g/mol. The van der Waals surface area contributed by atoms with Crippen LogP contribution in [0.15, 0.2) is 66.9 Å². The number of hydrogen-bond donors (Lipinski definition) is 0. The maximum absolute atomic E-state index is 12.5. The van der Waals surface area contributed by atoms with Gasteiger partial charge < -0.3 is 4.74 Å². The highest BCUT2D eigenvalue weighted by Gasteiger charge is 2.28. The van der Waals surface area contributed by atoms with Crippen molar-refractivity contribution in [2.45, 2.75) is 32.4 Å². The largest absolute Gasteiger partial charge is 0.444 e. The fourth-order valence-electron chi connectivity index (χ4n) is 2.95.